The Morgan fingerprint density at radius 3 is 2.25 bits per heavy atom. The minimum atomic E-state index is -2.03. The van der Waals surface area contributed by atoms with Gasteiger partial charge in [-0.1, -0.05) is 18.2 Å². The van der Waals surface area contributed by atoms with Crippen molar-refractivity contribution in [2.24, 2.45) is 23.7 Å². The Labute approximate surface area is 115 Å². The van der Waals surface area contributed by atoms with Crippen molar-refractivity contribution in [3.8, 4) is 0 Å². The van der Waals surface area contributed by atoms with Crippen LogP contribution in [0.4, 0.5) is 0 Å². The summed E-state index contributed by atoms with van der Waals surface area (Å²) in [5.41, 5.74) is -4.04. The van der Waals surface area contributed by atoms with Crippen molar-refractivity contribution in [3.63, 3.8) is 0 Å². The van der Waals surface area contributed by atoms with Gasteiger partial charge >= 0.3 is 0 Å². The third-order valence-corrected chi connectivity index (χ3v) is 4.95. The first kappa shape index (κ1) is 13.6. The lowest BCUT2D eigenvalue weighted by molar-refractivity contribution is -0.191. The summed E-state index contributed by atoms with van der Waals surface area (Å²) >= 11 is 0. The summed E-state index contributed by atoms with van der Waals surface area (Å²) in [5, 5.41) is 39.7. The zero-order chi connectivity index (χ0) is 14.7. The summed E-state index contributed by atoms with van der Waals surface area (Å²) in [6.45, 7) is -1.57. The lowest BCUT2D eigenvalue weighted by Crippen LogP contribution is -2.69. The van der Waals surface area contributed by atoms with Crippen LogP contribution in [0.2, 0.25) is 0 Å². The minimum Gasteiger partial charge on any atom is -0.393 e. The lowest BCUT2D eigenvalue weighted by atomic mass is 9.49. The van der Waals surface area contributed by atoms with Crippen LogP contribution in [0.25, 0.3) is 0 Å². The Balaban J connectivity index is 2.17. The van der Waals surface area contributed by atoms with Crippen LogP contribution in [0.15, 0.2) is 24.3 Å². The highest BCUT2D eigenvalue weighted by Gasteiger charge is 2.65. The van der Waals surface area contributed by atoms with E-state index in [1.165, 1.54) is 6.08 Å². The zero-order valence-corrected chi connectivity index (χ0v) is 10.6. The van der Waals surface area contributed by atoms with Crippen molar-refractivity contribution in [1.29, 1.82) is 0 Å². The standard InChI is InChI=1S/C14H16O6/c15-5-13(19)9-3-1-8(12(13)18)7-2-4-10(17)14(20,6-16)11(7)9/h1-4,7-9,11,15-16,19-20H,5-6H2/t7-,8+,9-,11-,13+,14-/m1/s1. The molecule has 0 aromatic rings. The maximum absolute atomic E-state index is 12.3. The predicted molar refractivity (Wildman–Crippen MR) is 66.3 cm³/mol. The summed E-state index contributed by atoms with van der Waals surface area (Å²) < 4.78 is 0. The first-order valence-corrected chi connectivity index (χ1v) is 6.52. The minimum absolute atomic E-state index is 0.459. The third kappa shape index (κ3) is 1.37. The lowest BCUT2D eigenvalue weighted by Gasteiger charge is -2.55. The van der Waals surface area contributed by atoms with Gasteiger partial charge in [-0.05, 0) is 12.0 Å². The number of fused-ring (bicyclic) bond motifs is 1. The van der Waals surface area contributed by atoms with Crippen LogP contribution in [0, 0.1) is 23.7 Å². The number of ketones is 2. The number of carbonyl (C=O) groups is 2. The van der Waals surface area contributed by atoms with Gasteiger partial charge in [0, 0.05) is 17.8 Å². The first-order chi connectivity index (χ1) is 9.40. The highest BCUT2D eigenvalue weighted by molar-refractivity contribution is 6.01. The molecule has 20 heavy (non-hydrogen) atoms. The second-order valence-corrected chi connectivity index (χ2v) is 5.79. The molecule has 0 aliphatic heterocycles. The normalized spacial score (nSPS) is 49.6. The number of Topliss-reactive ketones (excluding diaryl/α,β-unsaturated/α-hetero) is 1. The molecule has 6 heteroatoms. The quantitative estimate of drug-likeness (QED) is 0.443. The summed E-state index contributed by atoms with van der Waals surface area (Å²) in [4.78, 5) is 24.2. The topological polar surface area (TPSA) is 115 Å². The van der Waals surface area contributed by atoms with E-state index in [9.17, 15) is 30.0 Å². The Kier molecular flexibility index (Phi) is 2.78. The van der Waals surface area contributed by atoms with Gasteiger partial charge in [0.1, 0.15) is 0 Å². The van der Waals surface area contributed by atoms with Crippen molar-refractivity contribution in [3.05, 3.63) is 24.3 Å². The van der Waals surface area contributed by atoms with Crippen molar-refractivity contribution >= 4 is 11.6 Å². The fourth-order valence-corrected chi connectivity index (χ4v) is 3.85. The molecule has 6 atom stereocenters. The number of rotatable bonds is 2. The van der Waals surface area contributed by atoms with Crippen molar-refractivity contribution in [2.75, 3.05) is 13.2 Å². The first-order valence-electron chi connectivity index (χ1n) is 6.52. The molecule has 0 aromatic carbocycles. The predicted octanol–water partition coefficient (Wildman–Crippen LogP) is -1.81. The van der Waals surface area contributed by atoms with Gasteiger partial charge in [0.05, 0.1) is 13.2 Å². The Morgan fingerprint density at radius 1 is 1.00 bits per heavy atom. The van der Waals surface area contributed by atoms with E-state index in [1.54, 1.807) is 18.2 Å². The van der Waals surface area contributed by atoms with Crippen LogP contribution in [0.5, 0.6) is 0 Å². The average Bonchev–Trinajstić information content (AvgIpc) is 2.47. The van der Waals surface area contributed by atoms with E-state index < -0.39 is 59.7 Å². The van der Waals surface area contributed by atoms with Crippen LogP contribution < -0.4 is 0 Å². The monoisotopic (exact) mass is 280 g/mol. The second kappa shape index (κ2) is 4.08. The fraction of sp³-hybridized carbons (Fsp3) is 0.571. The highest BCUT2D eigenvalue weighted by Crippen LogP contribution is 2.53. The molecule has 2 bridgehead atoms. The molecule has 0 unspecified atom stereocenters. The van der Waals surface area contributed by atoms with Gasteiger partial charge in [0.2, 0.25) is 0 Å². The van der Waals surface area contributed by atoms with Gasteiger partial charge in [0.25, 0.3) is 0 Å². The van der Waals surface area contributed by atoms with Crippen LogP contribution in [0.3, 0.4) is 0 Å². The summed E-state index contributed by atoms with van der Waals surface area (Å²) in [7, 11) is 0. The Bertz CT molecular complexity index is 538. The van der Waals surface area contributed by atoms with Gasteiger partial charge in [-0.25, -0.2) is 0 Å². The number of aliphatic hydroxyl groups is 4. The second-order valence-electron chi connectivity index (χ2n) is 5.79. The van der Waals surface area contributed by atoms with Gasteiger partial charge in [-0.2, -0.15) is 0 Å². The van der Waals surface area contributed by atoms with Gasteiger partial charge < -0.3 is 20.4 Å². The van der Waals surface area contributed by atoms with Gasteiger partial charge in [-0.15, -0.1) is 0 Å². The molecule has 4 N–H and O–H groups in total. The molecule has 1 fully saturated rings. The molecule has 0 amide bonds. The molecular formula is C14H16O6. The van der Waals surface area contributed by atoms with E-state index in [-0.39, 0.29) is 0 Å². The molecule has 1 saturated carbocycles. The average molecular weight is 280 g/mol. The molecule has 4 aliphatic carbocycles. The number of hydrogen-bond acceptors (Lipinski definition) is 6. The van der Waals surface area contributed by atoms with Crippen LogP contribution >= 0.6 is 0 Å². The molecule has 0 saturated heterocycles. The van der Waals surface area contributed by atoms with E-state index in [2.05, 4.69) is 0 Å². The maximum Gasteiger partial charge on any atom is 0.189 e. The molecule has 108 valence electrons. The SMILES string of the molecule is O=C1C=C[C@H]2[C@H]([C@H]3C=C[C@@H]2C(=O)[C@]3(O)CO)[C@@]1(O)CO. The molecule has 0 aromatic heterocycles. The number of hydrogen-bond donors (Lipinski definition) is 4. The molecule has 4 rings (SSSR count). The number of carbonyl (C=O) groups excluding carboxylic acids is 2. The van der Waals surface area contributed by atoms with Crippen molar-refractivity contribution in [2.45, 2.75) is 11.2 Å². The Hall–Kier alpha value is -1.34. The van der Waals surface area contributed by atoms with E-state index in [4.69, 9.17) is 0 Å². The number of aliphatic hydroxyl groups excluding tert-OH is 2. The fourth-order valence-electron chi connectivity index (χ4n) is 3.85. The van der Waals surface area contributed by atoms with Crippen LogP contribution in [0.1, 0.15) is 0 Å². The summed E-state index contributed by atoms with van der Waals surface area (Å²) in [6, 6.07) is 0. The molecule has 0 spiro atoms. The summed E-state index contributed by atoms with van der Waals surface area (Å²) in [6.07, 6.45) is 5.91. The molecule has 6 nitrogen and oxygen atoms in total. The van der Waals surface area contributed by atoms with Crippen molar-refractivity contribution in [1.82, 2.24) is 0 Å². The molecule has 4 aliphatic rings. The van der Waals surface area contributed by atoms with Crippen LogP contribution in [-0.2, 0) is 9.59 Å². The maximum atomic E-state index is 12.3. The highest BCUT2D eigenvalue weighted by atomic mass is 16.4. The zero-order valence-electron chi connectivity index (χ0n) is 10.6. The number of allylic oxidation sites excluding steroid dienone is 2. The van der Waals surface area contributed by atoms with Gasteiger partial charge in [-0.3, -0.25) is 9.59 Å². The van der Waals surface area contributed by atoms with E-state index in [0.29, 0.717) is 0 Å². The van der Waals surface area contributed by atoms with E-state index in [1.807, 2.05) is 0 Å². The van der Waals surface area contributed by atoms with Crippen molar-refractivity contribution < 1.29 is 30.0 Å². The molecular weight excluding hydrogens is 264 g/mol. The Morgan fingerprint density at radius 2 is 1.65 bits per heavy atom. The van der Waals surface area contributed by atoms with E-state index in [0.717, 1.165) is 0 Å². The third-order valence-electron chi connectivity index (χ3n) is 4.95. The summed E-state index contributed by atoms with van der Waals surface area (Å²) in [5.74, 6) is -4.04. The van der Waals surface area contributed by atoms with E-state index >= 15 is 0 Å². The van der Waals surface area contributed by atoms with Crippen LogP contribution in [-0.4, -0.2) is 56.4 Å². The van der Waals surface area contributed by atoms with Gasteiger partial charge in [0.15, 0.2) is 22.8 Å². The smallest absolute Gasteiger partial charge is 0.189 e. The molecule has 0 radical (unpaired) electrons. The largest absolute Gasteiger partial charge is 0.393 e. The molecule has 0 heterocycles.